The van der Waals surface area contributed by atoms with E-state index in [1.165, 1.54) is 0 Å². The molecule has 1 aromatic carbocycles. The van der Waals surface area contributed by atoms with E-state index in [2.05, 4.69) is 42.2 Å². The highest BCUT2D eigenvalue weighted by Gasteiger charge is 2.05. The highest BCUT2D eigenvalue weighted by atomic mass is 79.9. The van der Waals surface area contributed by atoms with Crippen LogP contribution in [0.2, 0.25) is 0 Å². The molecule has 0 saturated carbocycles. The number of hydrogen-bond donors (Lipinski definition) is 2. The van der Waals surface area contributed by atoms with E-state index in [4.69, 9.17) is 0 Å². The van der Waals surface area contributed by atoms with Crippen LogP contribution in [0, 0.1) is 0 Å². The number of nitrogens with zero attached hydrogens (tertiary/aromatic N) is 1. The van der Waals surface area contributed by atoms with Crippen molar-refractivity contribution >= 4 is 31.9 Å². The number of phenols is 1. The highest BCUT2D eigenvalue weighted by Crippen LogP contribution is 2.33. The van der Waals surface area contributed by atoms with Crippen LogP contribution in [0.4, 0.5) is 0 Å². The maximum Gasteiger partial charge on any atom is 0.143 e. The molecule has 94 valence electrons. The van der Waals surface area contributed by atoms with E-state index in [1.807, 2.05) is 30.5 Å². The maximum atomic E-state index is 9.61. The zero-order chi connectivity index (χ0) is 13.0. The van der Waals surface area contributed by atoms with Crippen LogP contribution in [-0.4, -0.2) is 10.1 Å². The predicted octanol–water partition coefficient (Wildman–Crippen LogP) is 3.60. The number of aromatic nitrogens is 1. The molecule has 1 aromatic heterocycles. The van der Waals surface area contributed by atoms with Crippen molar-refractivity contribution in [3.05, 3.63) is 56.7 Å². The van der Waals surface area contributed by atoms with Gasteiger partial charge >= 0.3 is 0 Å². The van der Waals surface area contributed by atoms with E-state index in [9.17, 15) is 5.11 Å². The second kappa shape index (κ2) is 6.31. The van der Waals surface area contributed by atoms with Gasteiger partial charge in [0.25, 0.3) is 0 Å². The van der Waals surface area contributed by atoms with E-state index in [-0.39, 0.29) is 5.75 Å². The summed E-state index contributed by atoms with van der Waals surface area (Å²) in [6.45, 7) is 1.50. The molecule has 0 aliphatic carbocycles. The Hall–Kier alpha value is -0.910. The topological polar surface area (TPSA) is 45.1 Å². The normalized spacial score (nSPS) is 10.6. The van der Waals surface area contributed by atoms with Crippen molar-refractivity contribution in [2.45, 2.75) is 13.1 Å². The van der Waals surface area contributed by atoms with Crippen molar-refractivity contribution in [2.75, 3.05) is 0 Å². The molecule has 0 spiro atoms. The largest absolute Gasteiger partial charge is 0.506 e. The summed E-state index contributed by atoms with van der Waals surface area (Å²) in [5, 5.41) is 12.9. The molecule has 0 amide bonds. The number of hydrogen-bond acceptors (Lipinski definition) is 3. The van der Waals surface area contributed by atoms with Crippen molar-refractivity contribution in [3.8, 4) is 5.75 Å². The Morgan fingerprint density at radius 2 is 1.78 bits per heavy atom. The SMILES string of the molecule is Oc1c(Br)cc(CNCc2cccnc2)cc1Br. The van der Waals surface area contributed by atoms with Gasteiger partial charge in [0.15, 0.2) is 0 Å². The molecule has 2 rings (SSSR count). The quantitative estimate of drug-likeness (QED) is 0.862. The molecule has 0 radical (unpaired) electrons. The van der Waals surface area contributed by atoms with E-state index < -0.39 is 0 Å². The monoisotopic (exact) mass is 370 g/mol. The lowest BCUT2D eigenvalue weighted by Crippen LogP contribution is -2.12. The van der Waals surface area contributed by atoms with Gasteiger partial charge < -0.3 is 10.4 Å². The van der Waals surface area contributed by atoms with Gasteiger partial charge in [-0.1, -0.05) is 6.07 Å². The number of aromatic hydroxyl groups is 1. The first kappa shape index (κ1) is 13.5. The minimum absolute atomic E-state index is 0.228. The molecule has 18 heavy (non-hydrogen) atoms. The van der Waals surface area contributed by atoms with Crippen molar-refractivity contribution in [2.24, 2.45) is 0 Å². The zero-order valence-corrected chi connectivity index (χ0v) is 12.7. The van der Waals surface area contributed by atoms with E-state index in [0.29, 0.717) is 8.95 Å². The molecular formula is C13H12Br2N2O. The van der Waals surface area contributed by atoms with Gasteiger partial charge in [-0.15, -0.1) is 0 Å². The Bertz CT molecular complexity index is 509. The van der Waals surface area contributed by atoms with Crippen LogP contribution in [-0.2, 0) is 13.1 Å². The summed E-state index contributed by atoms with van der Waals surface area (Å²) in [7, 11) is 0. The van der Waals surface area contributed by atoms with Crippen LogP contribution < -0.4 is 5.32 Å². The summed E-state index contributed by atoms with van der Waals surface area (Å²) in [6.07, 6.45) is 3.60. The summed E-state index contributed by atoms with van der Waals surface area (Å²) in [5.41, 5.74) is 2.24. The van der Waals surface area contributed by atoms with Crippen molar-refractivity contribution < 1.29 is 5.11 Å². The van der Waals surface area contributed by atoms with Crippen LogP contribution in [0.5, 0.6) is 5.75 Å². The molecule has 1 heterocycles. The first-order valence-corrected chi connectivity index (χ1v) is 7.02. The standard InChI is InChI=1S/C13H12Br2N2O/c14-11-4-10(5-12(15)13(11)18)8-17-7-9-2-1-3-16-6-9/h1-6,17-18H,7-8H2. The van der Waals surface area contributed by atoms with Crippen LogP contribution in [0.25, 0.3) is 0 Å². The smallest absolute Gasteiger partial charge is 0.143 e. The Morgan fingerprint density at radius 1 is 1.11 bits per heavy atom. The fourth-order valence-corrected chi connectivity index (χ4v) is 2.86. The van der Waals surface area contributed by atoms with Gasteiger partial charge in [0.2, 0.25) is 0 Å². The number of phenolic OH excluding ortho intramolecular Hbond substituents is 1. The van der Waals surface area contributed by atoms with Crippen LogP contribution >= 0.6 is 31.9 Å². The van der Waals surface area contributed by atoms with E-state index in [0.717, 1.165) is 24.2 Å². The summed E-state index contributed by atoms with van der Waals surface area (Å²) in [5.74, 6) is 0.228. The van der Waals surface area contributed by atoms with Gasteiger partial charge in [-0.3, -0.25) is 4.98 Å². The summed E-state index contributed by atoms with van der Waals surface area (Å²) in [4.78, 5) is 4.06. The van der Waals surface area contributed by atoms with Crippen LogP contribution in [0.3, 0.4) is 0 Å². The Labute approximate surface area is 123 Å². The molecule has 0 aliphatic rings. The molecule has 2 aromatic rings. The van der Waals surface area contributed by atoms with Gasteiger partial charge in [0, 0.05) is 25.5 Å². The third-order valence-electron chi connectivity index (χ3n) is 2.46. The summed E-state index contributed by atoms with van der Waals surface area (Å²) in [6, 6.07) is 7.75. The fraction of sp³-hybridized carbons (Fsp3) is 0.154. The number of nitrogens with one attached hydrogen (secondary N) is 1. The number of pyridine rings is 1. The lowest BCUT2D eigenvalue weighted by atomic mass is 10.2. The van der Waals surface area contributed by atoms with Crippen molar-refractivity contribution in [1.82, 2.24) is 10.3 Å². The van der Waals surface area contributed by atoms with Gasteiger partial charge in [-0.05, 0) is 61.2 Å². The van der Waals surface area contributed by atoms with Gasteiger partial charge in [0.05, 0.1) is 8.95 Å². The van der Waals surface area contributed by atoms with E-state index >= 15 is 0 Å². The minimum Gasteiger partial charge on any atom is -0.506 e. The Kier molecular flexibility index (Phi) is 4.74. The predicted molar refractivity (Wildman–Crippen MR) is 78.3 cm³/mol. The number of benzene rings is 1. The highest BCUT2D eigenvalue weighted by molar-refractivity contribution is 9.11. The number of halogens is 2. The third kappa shape index (κ3) is 3.54. The average molecular weight is 372 g/mol. The Balaban J connectivity index is 1.95. The van der Waals surface area contributed by atoms with Crippen LogP contribution in [0.15, 0.2) is 45.6 Å². The molecule has 0 aliphatic heterocycles. The molecule has 0 bridgehead atoms. The fourth-order valence-electron chi connectivity index (χ4n) is 1.57. The van der Waals surface area contributed by atoms with Crippen molar-refractivity contribution in [1.29, 1.82) is 0 Å². The third-order valence-corrected chi connectivity index (χ3v) is 3.67. The van der Waals surface area contributed by atoms with Gasteiger partial charge in [-0.2, -0.15) is 0 Å². The van der Waals surface area contributed by atoms with Crippen LogP contribution in [0.1, 0.15) is 11.1 Å². The van der Waals surface area contributed by atoms with E-state index in [1.54, 1.807) is 6.20 Å². The molecule has 2 N–H and O–H groups in total. The van der Waals surface area contributed by atoms with Gasteiger partial charge in [-0.25, -0.2) is 0 Å². The molecular weight excluding hydrogens is 360 g/mol. The first-order valence-electron chi connectivity index (χ1n) is 5.43. The summed E-state index contributed by atoms with van der Waals surface area (Å²) < 4.78 is 1.38. The molecule has 5 heteroatoms. The maximum absolute atomic E-state index is 9.61. The molecule has 0 fully saturated rings. The summed E-state index contributed by atoms with van der Waals surface area (Å²) >= 11 is 6.63. The number of rotatable bonds is 4. The zero-order valence-electron chi connectivity index (χ0n) is 9.53. The lowest BCUT2D eigenvalue weighted by molar-refractivity contribution is 0.468. The molecule has 0 saturated heterocycles. The second-order valence-corrected chi connectivity index (χ2v) is 5.58. The van der Waals surface area contributed by atoms with Crippen molar-refractivity contribution in [3.63, 3.8) is 0 Å². The molecule has 3 nitrogen and oxygen atoms in total. The molecule has 0 atom stereocenters. The first-order chi connectivity index (χ1) is 8.66. The average Bonchev–Trinajstić information content (AvgIpc) is 2.37. The second-order valence-electron chi connectivity index (χ2n) is 3.87. The van der Waals surface area contributed by atoms with Gasteiger partial charge in [0.1, 0.15) is 5.75 Å². The molecule has 0 unspecified atom stereocenters. The lowest BCUT2D eigenvalue weighted by Gasteiger charge is -2.07. The minimum atomic E-state index is 0.228. The Morgan fingerprint density at radius 3 is 2.39 bits per heavy atom.